The second kappa shape index (κ2) is 10.1. The molecule has 134 valence electrons. The van der Waals surface area contributed by atoms with E-state index in [2.05, 4.69) is 25.4 Å². The molecule has 0 radical (unpaired) electrons. The predicted molar refractivity (Wildman–Crippen MR) is 89.3 cm³/mol. The molecule has 0 fully saturated rings. The van der Waals surface area contributed by atoms with E-state index >= 15 is 0 Å². The van der Waals surface area contributed by atoms with Gasteiger partial charge in [-0.15, -0.1) is 0 Å². The SMILES string of the molecule is CCCCS(=O)NC(c1cc(Br)ccc1F)C(F)(F)COCC#N. The lowest BCUT2D eigenvalue weighted by Crippen LogP contribution is -2.42. The molecule has 24 heavy (non-hydrogen) atoms. The first-order chi connectivity index (χ1) is 11.3. The molecule has 4 nitrogen and oxygen atoms in total. The lowest BCUT2D eigenvalue weighted by molar-refractivity contribution is -0.0933. The number of hydrogen-bond donors (Lipinski definition) is 1. The number of nitrogens with zero attached hydrogens (tertiary/aromatic N) is 1. The van der Waals surface area contributed by atoms with Crippen LogP contribution in [0.2, 0.25) is 0 Å². The molecule has 2 atom stereocenters. The van der Waals surface area contributed by atoms with Crippen LogP contribution in [0.4, 0.5) is 13.2 Å². The monoisotopic (exact) mass is 426 g/mol. The van der Waals surface area contributed by atoms with Gasteiger partial charge in [-0.2, -0.15) is 5.26 Å². The van der Waals surface area contributed by atoms with E-state index in [0.29, 0.717) is 10.9 Å². The Kier molecular flexibility index (Phi) is 8.91. The number of rotatable bonds is 10. The molecule has 2 unspecified atom stereocenters. The van der Waals surface area contributed by atoms with Gasteiger partial charge in [0.2, 0.25) is 0 Å². The molecule has 1 N–H and O–H groups in total. The van der Waals surface area contributed by atoms with E-state index in [1.165, 1.54) is 12.1 Å². The molecule has 0 aliphatic rings. The summed E-state index contributed by atoms with van der Waals surface area (Å²) in [6, 6.07) is 3.39. The van der Waals surface area contributed by atoms with Gasteiger partial charge in [0.15, 0.2) is 0 Å². The molecule has 1 rings (SSSR count). The summed E-state index contributed by atoms with van der Waals surface area (Å²) in [5.41, 5.74) is -0.320. The highest BCUT2D eigenvalue weighted by Gasteiger charge is 2.43. The summed E-state index contributed by atoms with van der Waals surface area (Å²) in [6.45, 7) is 0.282. The van der Waals surface area contributed by atoms with E-state index < -0.39 is 42.0 Å². The average molecular weight is 427 g/mol. The second-order valence-electron chi connectivity index (χ2n) is 5.03. The lowest BCUT2D eigenvalue weighted by Gasteiger charge is -2.28. The topological polar surface area (TPSA) is 62.1 Å². The molecule has 0 aliphatic heterocycles. The molecular formula is C15H18BrF3N2O2S. The molecule has 0 bridgehead atoms. The molecule has 0 amide bonds. The zero-order valence-electron chi connectivity index (χ0n) is 13.0. The third-order valence-electron chi connectivity index (χ3n) is 3.09. The summed E-state index contributed by atoms with van der Waals surface area (Å²) in [5.74, 6) is -4.22. The van der Waals surface area contributed by atoms with Crippen LogP contribution in [0.15, 0.2) is 22.7 Å². The molecular weight excluding hydrogens is 409 g/mol. The third kappa shape index (κ3) is 6.51. The van der Waals surface area contributed by atoms with Crippen molar-refractivity contribution >= 4 is 26.9 Å². The van der Waals surface area contributed by atoms with Crippen LogP contribution in [0.3, 0.4) is 0 Å². The van der Waals surface area contributed by atoms with Gasteiger partial charge in [0, 0.05) is 15.8 Å². The maximum absolute atomic E-state index is 14.5. The molecule has 1 aromatic rings. The van der Waals surface area contributed by atoms with Crippen LogP contribution >= 0.6 is 15.9 Å². The van der Waals surface area contributed by atoms with E-state index in [4.69, 9.17) is 5.26 Å². The Morgan fingerprint density at radius 2 is 2.21 bits per heavy atom. The quantitative estimate of drug-likeness (QED) is 0.577. The summed E-state index contributed by atoms with van der Waals surface area (Å²) >= 11 is 3.11. The summed E-state index contributed by atoms with van der Waals surface area (Å²) in [5, 5.41) is 8.39. The third-order valence-corrected chi connectivity index (χ3v) is 4.74. The molecule has 0 aromatic heterocycles. The standard InChI is InChI=1S/C15H18BrF3N2O2S/c1-2-3-8-24(22)21-14(15(18,19)10-23-7-6-20)12-9-11(16)4-5-13(12)17/h4-5,9,14,21H,2-3,7-8,10H2,1H3. The molecule has 0 aliphatic carbocycles. The van der Waals surface area contributed by atoms with E-state index in [1.54, 1.807) is 6.07 Å². The van der Waals surface area contributed by atoms with Crippen molar-refractivity contribution in [3.63, 3.8) is 0 Å². The van der Waals surface area contributed by atoms with Crippen molar-refractivity contribution in [2.24, 2.45) is 0 Å². The largest absolute Gasteiger partial charge is 0.360 e. The number of alkyl halides is 2. The zero-order valence-corrected chi connectivity index (χ0v) is 15.4. The van der Waals surface area contributed by atoms with Crippen LogP contribution in [0.25, 0.3) is 0 Å². The first-order valence-corrected chi connectivity index (χ1v) is 9.35. The van der Waals surface area contributed by atoms with E-state index in [0.717, 1.165) is 12.5 Å². The molecule has 0 spiro atoms. The molecule has 0 saturated carbocycles. The van der Waals surface area contributed by atoms with Crippen molar-refractivity contribution in [1.29, 1.82) is 5.26 Å². The van der Waals surface area contributed by atoms with Gasteiger partial charge in [0.05, 0.1) is 17.1 Å². The van der Waals surface area contributed by atoms with Crippen molar-refractivity contribution in [1.82, 2.24) is 4.72 Å². The number of nitrogens with one attached hydrogen (secondary N) is 1. The molecule has 1 aromatic carbocycles. The Hall–Kier alpha value is -0.950. The van der Waals surface area contributed by atoms with Crippen LogP contribution in [0, 0.1) is 17.1 Å². The smallest absolute Gasteiger partial charge is 0.291 e. The minimum atomic E-state index is -3.56. The van der Waals surface area contributed by atoms with Gasteiger partial charge in [-0.1, -0.05) is 29.3 Å². The Morgan fingerprint density at radius 3 is 2.83 bits per heavy atom. The first kappa shape index (κ1) is 21.1. The van der Waals surface area contributed by atoms with Crippen molar-refractivity contribution in [3.8, 4) is 6.07 Å². The number of unbranched alkanes of at least 4 members (excludes halogenated alkanes) is 1. The van der Waals surface area contributed by atoms with Crippen molar-refractivity contribution < 1.29 is 22.1 Å². The van der Waals surface area contributed by atoms with Gasteiger partial charge in [0.25, 0.3) is 5.92 Å². The van der Waals surface area contributed by atoms with E-state index in [-0.39, 0.29) is 11.3 Å². The molecule has 0 heterocycles. The summed E-state index contributed by atoms with van der Waals surface area (Å²) in [7, 11) is -1.75. The van der Waals surface area contributed by atoms with Crippen molar-refractivity contribution in [2.75, 3.05) is 19.0 Å². The number of halogens is 4. The van der Waals surface area contributed by atoms with Crippen LogP contribution in [-0.4, -0.2) is 29.1 Å². The highest BCUT2D eigenvalue weighted by Crippen LogP contribution is 2.35. The number of benzene rings is 1. The Morgan fingerprint density at radius 1 is 1.50 bits per heavy atom. The van der Waals surface area contributed by atoms with Crippen molar-refractivity contribution in [3.05, 3.63) is 34.1 Å². The maximum atomic E-state index is 14.5. The predicted octanol–water partition coefficient (Wildman–Crippen LogP) is 3.86. The van der Waals surface area contributed by atoms with E-state index in [1.807, 2.05) is 6.92 Å². The van der Waals surface area contributed by atoms with Gasteiger partial charge < -0.3 is 4.74 Å². The fourth-order valence-corrected chi connectivity index (χ4v) is 3.50. The zero-order chi connectivity index (χ0) is 18.2. The van der Waals surface area contributed by atoms with Crippen molar-refractivity contribution in [2.45, 2.75) is 31.7 Å². The molecule has 0 saturated heterocycles. The number of hydrogen-bond acceptors (Lipinski definition) is 3. The van der Waals surface area contributed by atoms with Crippen LogP contribution in [-0.2, 0) is 15.7 Å². The minimum Gasteiger partial charge on any atom is -0.360 e. The van der Waals surface area contributed by atoms with Gasteiger partial charge in [-0.25, -0.2) is 22.1 Å². The highest BCUT2D eigenvalue weighted by atomic mass is 79.9. The minimum absolute atomic E-state index is 0.178. The summed E-state index contributed by atoms with van der Waals surface area (Å²) in [4.78, 5) is 0. The Bertz CT molecular complexity index is 611. The number of nitriles is 1. The second-order valence-corrected chi connectivity index (χ2v) is 7.28. The Labute approximate surface area is 150 Å². The average Bonchev–Trinajstić information content (AvgIpc) is 2.53. The van der Waals surface area contributed by atoms with E-state index in [9.17, 15) is 17.4 Å². The molecule has 9 heteroatoms. The fourth-order valence-electron chi connectivity index (χ4n) is 1.89. The highest BCUT2D eigenvalue weighted by molar-refractivity contribution is 9.10. The van der Waals surface area contributed by atoms with Gasteiger partial charge in [0.1, 0.15) is 25.1 Å². The van der Waals surface area contributed by atoms with Crippen LogP contribution < -0.4 is 4.72 Å². The maximum Gasteiger partial charge on any atom is 0.291 e. The number of ether oxygens (including phenoxy) is 1. The van der Waals surface area contributed by atoms with Crippen LogP contribution in [0.5, 0.6) is 0 Å². The van der Waals surface area contributed by atoms with Gasteiger partial charge in [-0.05, 0) is 24.6 Å². The Balaban J connectivity index is 3.08. The summed E-state index contributed by atoms with van der Waals surface area (Å²) < 4.78 is 62.3. The van der Waals surface area contributed by atoms with Gasteiger partial charge in [-0.3, -0.25) is 0 Å². The lowest BCUT2D eigenvalue weighted by atomic mass is 10.0. The summed E-state index contributed by atoms with van der Waals surface area (Å²) in [6.07, 6.45) is 1.34. The first-order valence-electron chi connectivity index (χ1n) is 7.23. The normalized spacial score (nSPS) is 14.2. The van der Waals surface area contributed by atoms with Gasteiger partial charge >= 0.3 is 0 Å². The van der Waals surface area contributed by atoms with Crippen LogP contribution in [0.1, 0.15) is 31.4 Å². The fraction of sp³-hybridized carbons (Fsp3) is 0.533.